The number of nitrogens with two attached hydrogens (primary N) is 1. The first kappa shape index (κ1) is 13.0. The van der Waals surface area contributed by atoms with Crippen LogP contribution in [0.2, 0.25) is 0 Å². The van der Waals surface area contributed by atoms with Crippen molar-refractivity contribution in [2.75, 3.05) is 18.4 Å². The van der Waals surface area contributed by atoms with Gasteiger partial charge < -0.3 is 11.1 Å². The van der Waals surface area contributed by atoms with Crippen molar-refractivity contribution in [1.82, 2.24) is 0 Å². The molecule has 0 amide bonds. The molecule has 2 heteroatoms. The van der Waals surface area contributed by atoms with E-state index < -0.39 is 0 Å². The van der Waals surface area contributed by atoms with E-state index in [9.17, 15) is 0 Å². The monoisotopic (exact) mass is 220 g/mol. The normalized spacial score (nSPS) is 11.6. The molecule has 2 nitrogen and oxygen atoms in total. The van der Waals surface area contributed by atoms with E-state index in [2.05, 4.69) is 51.2 Å². The van der Waals surface area contributed by atoms with Crippen LogP contribution in [0.3, 0.4) is 0 Å². The van der Waals surface area contributed by atoms with Crippen LogP contribution < -0.4 is 11.1 Å². The Morgan fingerprint density at radius 3 is 2.56 bits per heavy atom. The second-order valence-electron chi connectivity index (χ2n) is 5.18. The second-order valence-corrected chi connectivity index (χ2v) is 5.18. The average Bonchev–Trinajstić information content (AvgIpc) is 2.27. The van der Waals surface area contributed by atoms with E-state index in [1.54, 1.807) is 0 Å². The molecular weight excluding hydrogens is 196 g/mol. The van der Waals surface area contributed by atoms with Gasteiger partial charge in [0.15, 0.2) is 0 Å². The number of aryl methyl sites for hydroxylation is 2. The van der Waals surface area contributed by atoms with Crippen LogP contribution in [0.5, 0.6) is 0 Å². The topological polar surface area (TPSA) is 38.0 Å². The summed E-state index contributed by atoms with van der Waals surface area (Å²) >= 11 is 0. The predicted molar refractivity (Wildman–Crippen MR) is 71.9 cm³/mol. The summed E-state index contributed by atoms with van der Waals surface area (Å²) in [5, 5.41) is 3.54. The van der Waals surface area contributed by atoms with E-state index in [4.69, 9.17) is 5.73 Å². The van der Waals surface area contributed by atoms with Crippen molar-refractivity contribution in [2.45, 2.75) is 34.1 Å². The number of benzene rings is 1. The first-order valence-corrected chi connectivity index (χ1v) is 6.02. The van der Waals surface area contributed by atoms with Gasteiger partial charge in [0, 0.05) is 12.2 Å². The zero-order valence-electron chi connectivity index (χ0n) is 10.9. The minimum absolute atomic E-state index is 0.146. The molecule has 0 aliphatic rings. The third kappa shape index (κ3) is 3.24. The van der Waals surface area contributed by atoms with Gasteiger partial charge in [-0.25, -0.2) is 0 Å². The van der Waals surface area contributed by atoms with Crippen LogP contribution in [0.4, 0.5) is 5.69 Å². The van der Waals surface area contributed by atoms with Gasteiger partial charge in [0.25, 0.3) is 0 Å². The first-order valence-electron chi connectivity index (χ1n) is 6.02. The minimum atomic E-state index is 0.146. The summed E-state index contributed by atoms with van der Waals surface area (Å²) in [6.45, 7) is 10.3. The van der Waals surface area contributed by atoms with Crippen LogP contribution in [0, 0.1) is 12.3 Å². The van der Waals surface area contributed by atoms with E-state index in [1.165, 1.54) is 16.8 Å². The third-order valence-corrected chi connectivity index (χ3v) is 3.04. The molecule has 0 aliphatic carbocycles. The lowest BCUT2D eigenvalue weighted by Gasteiger charge is -2.25. The predicted octanol–water partition coefficient (Wildman–Crippen LogP) is 2.95. The number of nitrogens with one attached hydrogen (secondary N) is 1. The highest BCUT2D eigenvalue weighted by Crippen LogP contribution is 2.23. The quantitative estimate of drug-likeness (QED) is 0.800. The summed E-state index contributed by atoms with van der Waals surface area (Å²) in [5.74, 6) is 0. The molecule has 90 valence electrons. The molecule has 0 atom stereocenters. The molecule has 0 spiro atoms. The molecule has 0 saturated carbocycles. The number of rotatable bonds is 5. The maximum atomic E-state index is 5.74. The number of anilines is 1. The Morgan fingerprint density at radius 1 is 1.31 bits per heavy atom. The molecule has 0 heterocycles. The van der Waals surface area contributed by atoms with Gasteiger partial charge in [-0.2, -0.15) is 0 Å². The van der Waals surface area contributed by atoms with Gasteiger partial charge in [0.2, 0.25) is 0 Å². The Labute approximate surface area is 99.2 Å². The van der Waals surface area contributed by atoms with Crippen molar-refractivity contribution < 1.29 is 0 Å². The maximum Gasteiger partial charge on any atom is 0.0402 e. The Hall–Kier alpha value is -1.02. The zero-order valence-corrected chi connectivity index (χ0v) is 10.9. The van der Waals surface area contributed by atoms with Crippen molar-refractivity contribution >= 4 is 5.69 Å². The van der Waals surface area contributed by atoms with Crippen LogP contribution >= 0.6 is 0 Å². The van der Waals surface area contributed by atoms with Gasteiger partial charge >= 0.3 is 0 Å². The summed E-state index contributed by atoms with van der Waals surface area (Å²) in [6.07, 6.45) is 1.06. The summed E-state index contributed by atoms with van der Waals surface area (Å²) in [6, 6.07) is 6.45. The summed E-state index contributed by atoms with van der Waals surface area (Å²) in [4.78, 5) is 0. The Morgan fingerprint density at radius 2 is 2.00 bits per heavy atom. The molecule has 1 rings (SSSR count). The van der Waals surface area contributed by atoms with E-state index >= 15 is 0 Å². The van der Waals surface area contributed by atoms with Crippen LogP contribution in [-0.4, -0.2) is 13.1 Å². The lowest BCUT2D eigenvalue weighted by atomic mass is 9.93. The standard InChI is InChI=1S/C14H24N2/c1-5-12-8-6-7-11(2)13(12)16-10-14(3,4)9-15/h6-8,16H,5,9-10,15H2,1-4H3. The van der Waals surface area contributed by atoms with E-state index in [0.29, 0.717) is 6.54 Å². The molecule has 3 N–H and O–H groups in total. The molecule has 0 saturated heterocycles. The molecule has 0 radical (unpaired) electrons. The molecule has 0 aromatic heterocycles. The number of para-hydroxylation sites is 1. The fourth-order valence-corrected chi connectivity index (χ4v) is 1.68. The van der Waals surface area contributed by atoms with Gasteiger partial charge in [-0.05, 0) is 36.4 Å². The highest BCUT2D eigenvalue weighted by Gasteiger charge is 2.16. The summed E-state index contributed by atoms with van der Waals surface area (Å²) in [5.41, 5.74) is 9.86. The molecule has 0 unspecified atom stereocenters. The van der Waals surface area contributed by atoms with E-state index in [-0.39, 0.29) is 5.41 Å². The van der Waals surface area contributed by atoms with Crippen molar-refractivity contribution in [3.63, 3.8) is 0 Å². The fraction of sp³-hybridized carbons (Fsp3) is 0.571. The molecule has 0 bridgehead atoms. The van der Waals surface area contributed by atoms with Crippen molar-refractivity contribution in [3.05, 3.63) is 29.3 Å². The highest BCUT2D eigenvalue weighted by molar-refractivity contribution is 5.57. The molecule has 0 aliphatic heterocycles. The van der Waals surface area contributed by atoms with Crippen molar-refractivity contribution in [1.29, 1.82) is 0 Å². The van der Waals surface area contributed by atoms with Crippen molar-refractivity contribution in [2.24, 2.45) is 11.1 Å². The molecule has 1 aromatic rings. The minimum Gasteiger partial charge on any atom is -0.384 e. The summed E-state index contributed by atoms with van der Waals surface area (Å²) in [7, 11) is 0. The largest absolute Gasteiger partial charge is 0.384 e. The maximum absolute atomic E-state index is 5.74. The third-order valence-electron chi connectivity index (χ3n) is 3.04. The number of hydrogen-bond acceptors (Lipinski definition) is 2. The van der Waals surface area contributed by atoms with Gasteiger partial charge in [-0.15, -0.1) is 0 Å². The Kier molecular flexibility index (Phi) is 4.36. The Balaban J connectivity index is 2.80. The van der Waals surface area contributed by atoms with E-state index in [1.807, 2.05) is 0 Å². The first-order chi connectivity index (χ1) is 7.50. The van der Waals surface area contributed by atoms with Crippen LogP contribution in [0.1, 0.15) is 31.9 Å². The van der Waals surface area contributed by atoms with Crippen molar-refractivity contribution in [3.8, 4) is 0 Å². The Bertz CT molecular complexity index is 343. The fourth-order valence-electron chi connectivity index (χ4n) is 1.68. The van der Waals surface area contributed by atoms with Crippen LogP contribution in [0.25, 0.3) is 0 Å². The summed E-state index contributed by atoms with van der Waals surface area (Å²) < 4.78 is 0. The van der Waals surface area contributed by atoms with Gasteiger partial charge in [0.05, 0.1) is 0 Å². The highest BCUT2D eigenvalue weighted by atomic mass is 14.9. The lowest BCUT2D eigenvalue weighted by molar-refractivity contribution is 0.405. The molecule has 0 fully saturated rings. The molecular formula is C14H24N2. The van der Waals surface area contributed by atoms with Gasteiger partial charge in [0.1, 0.15) is 0 Å². The second kappa shape index (κ2) is 5.35. The lowest BCUT2D eigenvalue weighted by Crippen LogP contribution is -2.31. The SMILES string of the molecule is CCc1cccc(C)c1NCC(C)(C)CN. The van der Waals surface area contributed by atoms with Crippen LogP contribution in [-0.2, 0) is 6.42 Å². The van der Waals surface area contributed by atoms with Gasteiger partial charge in [-0.1, -0.05) is 39.0 Å². The van der Waals surface area contributed by atoms with Crippen LogP contribution in [0.15, 0.2) is 18.2 Å². The van der Waals surface area contributed by atoms with E-state index in [0.717, 1.165) is 13.0 Å². The molecule has 1 aromatic carbocycles. The number of hydrogen-bond donors (Lipinski definition) is 2. The van der Waals surface area contributed by atoms with Gasteiger partial charge in [-0.3, -0.25) is 0 Å². The smallest absolute Gasteiger partial charge is 0.0402 e. The molecule has 16 heavy (non-hydrogen) atoms. The zero-order chi connectivity index (χ0) is 12.2. The average molecular weight is 220 g/mol.